The number of halogens is 4. The first-order chi connectivity index (χ1) is 9.20. The molecule has 4 nitrogen and oxygen atoms in total. The van der Waals surface area contributed by atoms with Gasteiger partial charge < -0.3 is 10.2 Å². The monoisotopic (exact) mass is 310 g/mol. The normalized spacial score (nSPS) is 12.2. The second-order valence-corrected chi connectivity index (χ2v) is 5.14. The van der Waals surface area contributed by atoms with E-state index in [1.807, 2.05) is 7.05 Å². The number of rotatable bonds is 6. The van der Waals surface area contributed by atoms with Gasteiger partial charge in [0.25, 0.3) is 0 Å². The van der Waals surface area contributed by atoms with Crippen molar-refractivity contribution in [2.45, 2.75) is 32.5 Å². The molecule has 0 aliphatic heterocycles. The van der Waals surface area contributed by atoms with Crippen LogP contribution in [0.5, 0.6) is 0 Å². The van der Waals surface area contributed by atoms with Crippen molar-refractivity contribution in [1.82, 2.24) is 14.9 Å². The van der Waals surface area contributed by atoms with Crippen molar-refractivity contribution in [3.8, 4) is 0 Å². The van der Waals surface area contributed by atoms with E-state index in [-0.39, 0.29) is 11.0 Å². The lowest BCUT2D eigenvalue weighted by molar-refractivity contribution is -0.144. The Hall–Kier alpha value is -1.08. The minimum Gasteiger partial charge on any atom is -0.370 e. The highest BCUT2D eigenvalue weighted by Crippen LogP contribution is 2.28. The molecule has 0 unspecified atom stereocenters. The van der Waals surface area contributed by atoms with Gasteiger partial charge in [0.15, 0.2) is 0 Å². The summed E-state index contributed by atoms with van der Waals surface area (Å²) in [7, 11) is 1.99. The molecule has 0 radical (unpaired) electrons. The molecule has 1 aromatic heterocycles. The number of hydrogen-bond donors (Lipinski definition) is 1. The molecule has 0 bridgehead atoms. The van der Waals surface area contributed by atoms with Crippen LogP contribution < -0.4 is 5.32 Å². The Morgan fingerprint density at radius 2 is 2.00 bits per heavy atom. The standard InChI is InChI=1S/C12H18ClF3N4/c1-8(2)20(3)6-4-5-17-10-7-9(13)18-11(19-10)12(14,15)16/h7-8H,4-6H2,1-3H3,(H,17,18,19). The summed E-state index contributed by atoms with van der Waals surface area (Å²) in [4.78, 5) is 8.73. The van der Waals surface area contributed by atoms with Crippen LogP contribution in [0.3, 0.4) is 0 Å². The van der Waals surface area contributed by atoms with Crippen molar-refractivity contribution in [2.75, 3.05) is 25.5 Å². The molecule has 1 rings (SSSR count). The third kappa shape index (κ3) is 5.50. The minimum atomic E-state index is -4.60. The SMILES string of the molecule is CC(C)N(C)CCCNc1cc(Cl)nc(C(F)(F)F)n1. The smallest absolute Gasteiger partial charge is 0.370 e. The van der Waals surface area contributed by atoms with E-state index in [4.69, 9.17) is 11.6 Å². The summed E-state index contributed by atoms with van der Waals surface area (Å²) < 4.78 is 37.5. The van der Waals surface area contributed by atoms with Crippen LogP contribution in [-0.4, -0.2) is 41.0 Å². The first-order valence-electron chi connectivity index (χ1n) is 6.26. The number of aromatic nitrogens is 2. The van der Waals surface area contributed by atoms with Crippen LogP contribution in [0.25, 0.3) is 0 Å². The van der Waals surface area contributed by atoms with Gasteiger partial charge in [-0.05, 0) is 33.9 Å². The highest BCUT2D eigenvalue weighted by atomic mass is 35.5. The zero-order valence-corrected chi connectivity index (χ0v) is 12.4. The fraction of sp³-hybridized carbons (Fsp3) is 0.667. The summed E-state index contributed by atoms with van der Waals surface area (Å²) in [5.74, 6) is -1.14. The molecule has 0 aliphatic rings. The molecule has 0 spiro atoms. The lowest BCUT2D eigenvalue weighted by Gasteiger charge is -2.20. The van der Waals surface area contributed by atoms with Crippen molar-refractivity contribution < 1.29 is 13.2 Å². The molecule has 0 fully saturated rings. The van der Waals surface area contributed by atoms with E-state index < -0.39 is 12.0 Å². The number of nitrogens with one attached hydrogen (secondary N) is 1. The maximum absolute atomic E-state index is 12.5. The van der Waals surface area contributed by atoms with E-state index in [1.54, 1.807) is 0 Å². The summed E-state index contributed by atoms with van der Waals surface area (Å²) >= 11 is 5.56. The Balaban J connectivity index is 2.54. The molecular formula is C12H18ClF3N4. The average Bonchev–Trinajstić information content (AvgIpc) is 2.32. The Kier molecular flexibility index (Phi) is 6.01. The molecule has 8 heteroatoms. The quantitative estimate of drug-likeness (QED) is 0.646. The molecule has 0 saturated carbocycles. The van der Waals surface area contributed by atoms with Gasteiger partial charge >= 0.3 is 6.18 Å². The van der Waals surface area contributed by atoms with Gasteiger partial charge in [0, 0.05) is 18.7 Å². The number of anilines is 1. The maximum Gasteiger partial charge on any atom is 0.451 e. The van der Waals surface area contributed by atoms with Crippen LogP contribution in [0.2, 0.25) is 5.15 Å². The summed E-state index contributed by atoms with van der Waals surface area (Å²) in [6.07, 6.45) is -3.81. The van der Waals surface area contributed by atoms with Gasteiger partial charge in [0.1, 0.15) is 11.0 Å². The van der Waals surface area contributed by atoms with E-state index in [2.05, 4.69) is 34.0 Å². The van der Waals surface area contributed by atoms with Crippen molar-refractivity contribution >= 4 is 17.4 Å². The maximum atomic E-state index is 12.5. The van der Waals surface area contributed by atoms with Gasteiger partial charge in [0.2, 0.25) is 5.82 Å². The Morgan fingerprint density at radius 3 is 2.55 bits per heavy atom. The van der Waals surface area contributed by atoms with Crippen molar-refractivity contribution in [2.24, 2.45) is 0 Å². The fourth-order valence-electron chi connectivity index (χ4n) is 1.44. The average molecular weight is 311 g/mol. The van der Waals surface area contributed by atoms with Gasteiger partial charge in [-0.1, -0.05) is 11.6 Å². The van der Waals surface area contributed by atoms with Crippen LogP contribution in [0, 0.1) is 0 Å². The van der Waals surface area contributed by atoms with E-state index in [9.17, 15) is 13.2 Å². The zero-order chi connectivity index (χ0) is 15.3. The van der Waals surface area contributed by atoms with Crippen molar-refractivity contribution in [3.63, 3.8) is 0 Å². The molecular weight excluding hydrogens is 293 g/mol. The van der Waals surface area contributed by atoms with E-state index in [0.29, 0.717) is 12.6 Å². The molecule has 1 aromatic rings. The van der Waals surface area contributed by atoms with Crippen LogP contribution in [-0.2, 0) is 6.18 Å². The van der Waals surface area contributed by atoms with E-state index in [0.717, 1.165) is 13.0 Å². The Bertz CT molecular complexity index is 437. The summed E-state index contributed by atoms with van der Waals surface area (Å²) in [6.45, 7) is 5.51. The van der Waals surface area contributed by atoms with Gasteiger partial charge in [-0.2, -0.15) is 13.2 Å². The molecule has 0 amide bonds. The third-order valence-corrected chi connectivity index (χ3v) is 3.02. The highest BCUT2D eigenvalue weighted by molar-refractivity contribution is 6.29. The second-order valence-electron chi connectivity index (χ2n) is 4.75. The van der Waals surface area contributed by atoms with Crippen LogP contribution >= 0.6 is 11.6 Å². The molecule has 114 valence electrons. The van der Waals surface area contributed by atoms with Crippen molar-refractivity contribution in [3.05, 3.63) is 17.0 Å². The molecule has 1 N–H and O–H groups in total. The predicted molar refractivity (Wildman–Crippen MR) is 72.9 cm³/mol. The summed E-state index contributed by atoms with van der Waals surface area (Å²) in [5.41, 5.74) is 0. The largest absolute Gasteiger partial charge is 0.451 e. The minimum absolute atomic E-state index is 0.0875. The first-order valence-corrected chi connectivity index (χ1v) is 6.64. The number of alkyl halides is 3. The third-order valence-electron chi connectivity index (χ3n) is 2.82. The van der Waals surface area contributed by atoms with Crippen molar-refractivity contribution in [1.29, 1.82) is 0 Å². The van der Waals surface area contributed by atoms with Gasteiger partial charge in [-0.3, -0.25) is 0 Å². The molecule has 0 aromatic carbocycles. The fourth-order valence-corrected chi connectivity index (χ4v) is 1.62. The molecule has 0 saturated heterocycles. The van der Waals surface area contributed by atoms with E-state index in [1.165, 1.54) is 6.07 Å². The molecule has 20 heavy (non-hydrogen) atoms. The van der Waals surface area contributed by atoms with Gasteiger partial charge in [-0.25, -0.2) is 9.97 Å². The second kappa shape index (κ2) is 7.08. The Morgan fingerprint density at radius 1 is 1.35 bits per heavy atom. The van der Waals surface area contributed by atoms with Gasteiger partial charge in [0.05, 0.1) is 0 Å². The zero-order valence-electron chi connectivity index (χ0n) is 11.6. The van der Waals surface area contributed by atoms with Crippen LogP contribution in [0.1, 0.15) is 26.1 Å². The lowest BCUT2D eigenvalue weighted by Crippen LogP contribution is -2.28. The summed E-state index contributed by atoms with van der Waals surface area (Å²) in [5, 5.41) is 2.60. The highest BCUT2D eigenvalue weighted by Gasteiger charge is 2.35. The van der Waals surface area contributed by atoms with Crippen LogP contribution in [0.4, 0.5) is 19.0 Å². The summed E-state index contributed by atoms with van der Waals surface area (Å²) in [6, 6.07) is 1.71. The number of nitrogens with zero attached hydrogens (tertiary/aromatic N) is 3. The lowest BCUT2D eigenvalue weighted by atomic mass is 10.3. The topological polar surface area (TPSA) is 41.0 Å². The predicted octanol–water partition coefficient (Wildman–Crippen LogP) is 3.29. The van der Waals surface area contributed by atoms with Crippen LogP contribution in [0.15, 0.2) is 6.07 Å². The van der Waals surface area contributed by atoms with Gasteiger partial charge in [-0.15, -0.1) is 0 Å². The Labute approximate surface area is 121 Å². The van der Waals surface area contributed by atoms with E-state index >= 15 is 0 Å². The first kappa shape index (κ1) is 17.0. The molecule has 0 atom stereocenters. The molecule has 0 aliphatic carbocycles. The molecule has 1 heterocycles. The number of hydrogen-bond acceptors (Lipinski definition) is 4.